The first-order valence-corrected chi connectivity index (χ1v) is 7.06. The number of nitrogens with two attached hydrogens (primary N) is 1. The summed E-state index contributed by atoms with van der Waals surface area (Å²) >= 11 is 0. The predicted octanol–water partition coefficient (Wildman–Crippen LogP) is 3.28. The third-order valence-corrected chi connectivity index (χ3v) is 3.89. The van der Waals surface area contributed by atoms with Crippen LogP contribution in [0.25, 0.3) is 0 Å². The molecule has 108 valence electrons. The van der Waals surface area contributed by atoms with Crippen LogP contribution in [-0.2, 0) is 5.41 Å². The number of anilines is 1. The van der Waals surface area contributed by atoms with Crippen molar-refractivity contribution in [2.75, 3.05) is 11.9 Å². The Balaban J connectivity index is 1.68. The third kappa shape index (κ3) is 3.21. The molecule has 3 N–H and O–H groups in total. The molecule has 0 saturated heterocycles. The molecule has 4 heteroatoms. The van der Waals surface area contributed by atoms with Gasteiger partial charge in [0.2, 0.25) is 0 Å². The van der Waals surface area contributed by atoms with E-state index in [9.17, 15) is 4.39 Å². The molecule has 0 aromatic heterocycles. The smallest absolute Gasteiger partial charge is 0.193 e. The zero-order valence-electron chi connectivity index (χ0n) is 11.7. The van der Waals surface area contributed by atoms with E-state index < -0.39 is 0 Å². The molecule has 0 aliphatic heterocycles. The van der Waals surface area contributed by atoms with Gasteiger partial charge < -0.3 is 11.1 Å². The van der Waals surface area contributed by atoms with Crippen LogP contribution in [0.3, 0.4) is 0 Å². The van der Waals surface area contributed by atoms with Crippen LogP contribution in [0.1, 0.15) is 18.4 Å². The number of rotatable bonds is 4. The van der Waals surface area contributed by atoms with Crippen LogP contribution in [0.4, 0.5) is 10.1 Å². The van der Waals surface area contributed by atoms with Crippen LogP contribution < -0.4 is 11.1 Å². The maximum atomic E-state index is 13.3. The zero-order chi connectivity index (χ0) is 14.7. The number of halogens is 1. The number of guanidine groups is 1. The molecule has 0 bridgehead atoms. The normalized spacial score (nSPS) is 16.5. The summed E-state index contributed by atoms with van der Waals surface area (Å²) in [6.07, 6.45) is 2.05. The Morgan fingerprint density at radius 2 is 1.90 bits per heavy atom. The second-order valence-electron chi connectivity index (χ2n) is 5.48. The summed E-state index contributed by atoms with van der Waals surface area (Å²) < 4.78 is 13.3. The summed E-state index contributed by atoms with van der Waals surface area (Å²) in [6, 6.07) is 16.5. The van der Waals surface area contributed by atoms with E-state index in [-0.39, 0.29) is 11.2 Å². The molecule has 1 fully saturated rings. The monoisotopic (exact) mass is 283 g/mol. The molecule has 3 rings (SSSR count). The highest BCUT2D eigenvalue weighted by atomic mass is 19.1. The maximum absolute atomic E-state index is 13.3. The molecule has 0 radical (unpaired) electrons. The van der Waals surface area contributed by atoms with Gasteiger partial charge in [0.1, 0.15) is 5.82 Å². The first-order valence-electron chi connectivity index (χ1n) is 7.06. The molecule has 1 saturated carbocycles. The quantitative estimate of drug-likeness (QED) is 0.668. The van der Waals surface area contributed by atoms with Gasteiger partial charge in [-0.1, -0.05) is 30.3 Å². The lowest BCUT2D eigenvalue weighted by Crippen LogP contribution is -2.24. The fourth-order valence-corrected chi connectivity index (χ4v) is 2.45. The Kier molecular flexibility index (Phi) is 3.60. The topological polar surface area (TPSA) is 50.4 Å². The molecule has 0 atom stereocenters. The summed E-state index contributed by atoms with van der Waals surface area (Å²) in [5.41, 5.74) is 7.80. The molecule has 0 heterocycles. The standard InChI is InChI=1S/C17H18FN3/c18-14-6-4-5-13(11-14)17(9-10-17)12-20-16(19)21-15-7-2-1-3-8-15/h1-8,11H,9-10,12H2,(H3,19,20,21). The van der Waals surface area contributed by atoms with E-state index in [0.29, 0.717) is 12.5 Å². The summed E-state index contributed by atoms with van der Waals surface area (Å²) in [6.45, 7) is 0.585. The SMILES string of the molecule is NC(=NCC1(c2cccc(F)c2)CC1)Nc1ccccc1. The van der Waals surface area contributed by atoms with Gasteiger partial charge in [0, 0.05) is 11.1 Å². The van der Waals surface area contributed by atoms with Gasteiger partial charge in [-0.15, -0.1) is 0 Å². The molecule has 21 heavy (non-hydrogen) atoms. The lowest BCUT2D eigenvalue weighted by Gasteiger charge is -2.14. The summed E-state index contributed by atoms with van der Waals surface area (Å²) in [7, 11) is 0. The Bertz CT molecular complexity index is 648. The predicted molar refractivity (Wildman–Crippen MR) is 83.9 cm³/mol. The van der Waals surface area contributed by atoms with Crippen LogP contribution >= 0.6 is 0 Å². The van der Waals surface area contributed by atoms with Gasteiger partial charge >= 0.3 is 0 Å². The lowest BCUT2D eigenvalue weighted by molar-refractivity contribution is 0.616. The van der Waals surface area contributed by atoms with E-state index >= 15 is 0 Å². The Hall–Kier alpha value is -2.36. The van der Waals surface area contributed by atoms with Crippen LogP contribution in [0, 0.1) is 5.82 Å². The number of nitrogens with one attached hydrogen (secondary N) is 1. The van der Waals surface area contributed by atoms with Crippen molar-refractivity contribution in [2.45, 2.75) is 18.3 Å². The fraction of sp³-hybridized carbons (Fsp3) is 0.235. The van der Waals surface area contributed by atoms with E-state index in [1.165, 1.54) is 6.07 Å². The van der Waals surface area contributed by atoms with Crippen molar-refractivity contribution < 1.29 is 4.39 Å². The Labute approximate surface area is 123 Å². The van der Waals surface area contributed by atoms with Crippen molar-refractivity contribution in [3.05, 3.63) is 66.0 Å². The largest absolute Gasteiger partial charge is 0.370 e. The van der Waals surface area contributed by atoms with Gasteiger partial charge in [-0.3, -0.25) is 4.99 Å². The first kappa shape index (κ1) is 13.6. The van der Waals surface area contributed by atoms with E-state index in [1.807, 2.05) is 36.4 Å². The molecule has 0 unspecified atom stereocenters. The average molecular weight is 283 g/mol. The maximum Gasteiger partial charge on any atom is 0.193 e. The minimum Gasteiger partial charge on any atom is -0.370 e. The second kappa shape index (κ2) is 5.56. The number of para-hydroxylation sites is 1. The molecule has 1 aliphatic rings. The molecule has 0 amide bonds. The van der Waals surface area contributed by atoms with Crippen molar-refractivity contribution in [3.8, 4) is 0 Å². The van der Waals surface area contributed by atoms with Crippen molar-refractivity contribution in [1.29, 1.82) is 0 Å². The van der Waals surface area contributed by atoms with Gasteiger partial charge in [-0.25, -0.2) is 4.39 Å². The highest BCUT2D eigenvalue weighted by Crippen LogP contribution is 2.48. The van der Waals surface area contributed by atoms with Crippen LogP contribution in [0.15, 0.2) is 59.6 Å². The number of benzene rings is 2. The second-order valence-corrected chi connectivity index (χ2v) is 5.48. The number of hydrogen-bond donors (Lipinski definition) is 2. The van der Waals surface area contributed by atoms with Crippen molar-refractivity contribution in [1.82, 2.24) is 0 Å². The third-order valence-electron chi connectivity index (χ3n) is 3.89. The summed E-state index contributed by atoms with van der Waals surface area (Å²) in [4.78, 5) is 4.42. The van der Waals surface area contributed by atoms with E-state index in [2.05, 4.69) is 10.3 Å². The Morgan fingerprint density at radius 1 is 1.14 bits per heavy atom. The first-order chi connectivity index (χ1) is 10.2. The average Bonchev–Trinajstić information content (AvgIpc) is 3.28. The highest BCUT2D eigenvalue weighted by molar-refractivity contribution is 5.92. The number of aliphatic imine (C=N–C) groups is 1. The van der Waals surface area contributed by atoms with Gasteiger partial charge in [0.05, 0.1) is 6.54 Å². The molecule has 0 spiro atoms. The highest BCUT2D eigenvalue weighted by Gasteiger charge is 2.44. The van der Waals surface area contributed by atoms with Crippen LogP contribution in [0.2, 0.25) is 0 Å². The van der Waals surface area contributed by atoms with E-state index in [1.54, 1.807) is 12.1 Å². The van der Waals surface area contributed by atoms with Crippen molar-refractivity contribution >= 4 is 11.6 Å². The zero-order valence-corrected chi connectivity index (χ0v) is 11.7. The van der Waals surface area contributed by atoms with Crippen LogP contribution in [-0.4, -0.2) is 12.5 Å². The molecular weight excluding hydrogens is 265 g/mol. The molecule has 3 nitrogen and oxygen atoms in total. The van der Waals surface area contributed by atoms with Gasteiger partial charge in [0.15, 0.2) is 5.96 Å². The number of nitrogens with zero attached hydrogens (tertiary/aromatic N) is 1. The van der Waals surface area contributed by atoms with Gasteiger partial charge in [-0.2, -0.15) is 0 Å². The van der Waals surface area contributed by atoms with E-state index in [0.717, 1.165) is 24.1 Å². The van der Waals surface area contributed by atoms with Crippen LogP contribution in [0.5, 0.6) is 0 Å². The van der Waals surface area contributed by atoms with Gasteiger partial charge in [0.25, 0.3) is 0 Å². The summed E-state index contributed by atoms with van der Waals surface area (Å²) in [5, 5.41) is 3.06. The Morgan fingerprint density at radius 3 is 2.57 bits per heavy atom. The molecular formula is C17H18FN3. The van der Waals surface area contributed by atoms with E-state index in [4.69, 9.17) is 5.73 Å². The minimum atomic E-state index is -0.196. The number of hydrogen-bond acceptors (Lipinski definition) is 1. The van der Waals surface area contributed by atoms with Crippen molar-refractivity contribution in [3.63, 3.8) is 0 Å². The molecule has 1 aliphatic carbocycles. The fourth-order valence-electron chi connectivity index (χ4n) is 2.45. The summed E-state index contributed by atoms with van der Waals surface area (Å²) in [5.74, 6) is 0.196. The molecule has 2 aromatic rings. The minimum absolute atomic E-state index is 0.0366. The van der Waals surface area contributed by atoms with Gasteiger partial charge in [-0.05, 0) is 42.7 Å². The lowest BCUT2D eigenvalue weighted by atomic mass is 9.96. The van der Waals surface area contributed by atoms with Crippen molar-refractivity contribution in [2.24, 2.45) is 10.7 Å². The molecule has 2 aromatic carbocycles.